The molecule has 1 unspecified atom stereocenters. The number of rotatable bonds is 5. The van der Waals surface area contributed by atoms with Gasteiger partial charge in [-0.15, -0.1) is 12.4 Å². The van der Waals surface area contributed by atoms with Gasteiger partial charge < -0.3 is 10.6 Å². The van der Waals surface area contributed by atoms with Crippen LogP contribution in [0.3, 0.4) is 0 Å². The topological polar surface area (TPSA) is 92.5 Å². The average molecular weight is 396 g/mol. The van der Waals surface area contributed by atoms with Gasteiger partial charge in [-0.2, -0.15) is 0 Å². The lowest BCUT2D eigenvalue weighted by molar-refractivity contribution is 0.0787. The van der Waals surface area contributed by atoms with E-state index in [2.05, 4.69) is 4.72 Å². The first-order valence-electron chi connectivity index (χ1n) is 8.17. The Kier molecular flexibility index (Phi) is 6.63. The molecule has 0 spiro atoms. The van der Waals surface area contributed by atoms with Crippen molar-refractivity contribution in [1.29, 1.82) is 0 Å². The molecule has 8 heteroatoms. The molecule has 140 valence electrons. The summed E-state index contributed by atoms with van der Waals surface area (Å²) in [5.74, 6) is 0.314. The summed E-state index contributed by atoms with van der Waals surface area (Å²) in [6, 6.07) is 14.6. The number of sulfonamides is 1. The fraction of sp³-hybridized carbons (Fsp3) is 0.278. The smallest absolute Gasteiger partial charge is 0.261 e. The molecule has 2 aromatic rings. The second kappa shape index (κ2) is 8.53. The minimum Gasteiger partial charge on any atom is -0.338 e. The van der Waals surface area contributed by atoms with Gasteiger partial charge in [0, 0.05) is 24.3 Å². The van der Waals surface area contributed by atoms with Gasteiger partial charge >= 0.3 is 0 Å². The van der Waals surface area contributed by atoms with Crippen LogP contribution in [-0.4, -0.2) is 38.9 Å². The van der Waals surface area contributed by atoms with Crippen molar-refractivity contribution in [3.05, 3.63) is 60.2 Å². The number of anilines is 1. The second-order valence-electron chi connectivity index (χ2n) is 6.14. The standard InChI is InChI=1S/C18H21N3O3S.ClH/c19-12-14-10-11-21(13-14)18(22)15-6-8-16(9-7-15)20-25(23,24)17-4-2-1-3-5-17;/h1-9,14,20H,10-13,19H2;1H. The highest BCUT2D eigenvalue weighted by Gasteiger charge is 2.26. The van der Waals surface area contributed by atoms with Crippen LogP contribution in [-0.2, 0) is 10.0 Å². The van der Waals surface area contributed by atoms with E-state index >= 15 is 0 Å². The van der Waals surface area contributed by atoms with Gasteiger partial charge in [0.1, 0.15) is 0 Å². The molecule has 1 saturated heterocycles. The van der Waals surface area contributed by atoms with Crippen LogP contribution in [0.1, 0.15) is 16.8 Å². The molecule has 0 aromatic heterocycles. The molecule has 0 radical (unpaired) electrons. The Labute approximate surface area is 159 Å². The first-order chi connectivity index (χ1) is 12.0. The van der Waals surface area contributed by atoms with E-state index in [9.17, 15) is 13.2 Å². The van der Waals surface area contributed by atoms with Gasteiger partial charge in [0.05, 0.1) is 4.90 Å². The van der Waals surface area contributed by atoms with E-state index in [-0.39, 0.29) is 23.2 Å². The SMILES string of the molecule is Cl.NCC1CCN(C(=O)c2ccc(NS(=O)(=O)c3ccccc3)cc2)C1. The third kappa shape index (κ3) is 4.55. The lowest BCUT2D eigenvalue weighted by Crippen LogP contribution is -2.29. The molecule has 3 N–H and O–H groups in total. The van der Waals surface area contributed by atoms with Gasteiger partial charge in [-0.1, -0.05) is 18.2 Å². The van der Waals surface area contributed by atoms with Crippen LogP contribution in [0.2, 0.25) is 0 Å². The zero-order chi connectivity index (χ0) is 17.9. The summed E-state index contributed by atoms with van der Waals surface area (Å²) >= 11 is 0. The van der Waals surface area contributed by atoms with E-state index in [4.69, 9.17) is 5.73 Å². The first kappa shape index (κ1) is 20.2. The molecule has 3 rings (SSSR count). The number of carbonyl (C=O) groups excluding carboxylic acids is 1. The molecule has 0 saturated carbocycles. The molecular weight excluding hydrogens is 374 g/mol. The number of nitrogens with one attached hydrogen (secondary N) is 1. The molecule has 1 heterocycles. The summed E-state index contributed by atoms with van der Waals surface area (Å²) in [6.07, 6.45) is 0.928. The Morgan fingerprint density at radius 2 is 1.77 bits per heavy atom. The van der Waals surface area contributed by atoms with Gasteiger partial charge in [-0.05, 0) is 55.3 Å². The van der Waals surface area contributed by atoms with E-state index in [1.165, 1.54) is 12.1 Å². The van der Waals surface area contributed by atoms with Crippen molar-refractivity contribution >= 4 is 34.0 Å². The highest BCUT2D eigenvalue weighted by molar-refractivity contribution is 7.92. The maximum atomic E-state index is 12.5. The van der Waals surface area contributed by atoms with E-state index in [1.807, 2.05) is 0 Å². The Bertz CT molecular complexity index is 842. The lowest BCUT2D eigenvalue weighted by atomic mass is 10.1. The summed E-state index contributed by atoms with van der Waals surface area (Å²) in [6.45, 7) is 1.98. The molecule has 0 bridgehead atoms. The van der Waals surface area contributed by atoms with Crippen molar-refractivity contribution < 1.29 is 13.2 Å². The fourth-order valence-electron chi connectivity index (χ4n) is 2.89. The molecule has 1 aliphatic heterocycles. The normalized spacial score (nSPS) is 16.8. The number of halogens is 1. The zero-order valence-corrected chi connectivity index (χ0v) is 15.8. The van der Waals surface area contributed by atoms with Gasteiger partial charge in [0.2, 0.25) is 0 Å². The van der Waals surface area contributed by atoms with Crippen LogP contribution >= 0.6 is 12.4 Å². The van der Waals surface area contributed by atoms with Crippen LogP contribution in [0.15, 0.2) is 59.5 Å². The molecule has 1 amide bonds. The number of likely N-dealkylation sites (tertiary alicyclic amines) is 1. The van der Waals surface area contributed by atoms with E-state index in [0.29, 0.717) is 36.8 Å². The number of nitrogens with zero attached hydrogens (tertiary/aromatic N) is 1. The van der Waals surface area contributed by atoms with Crippen molar-refractivity contribution in [3.8, 4) is 0 Å². The summed E-state index contributed by atoms with van der Waals surface area (Å²) < 4.78 is 27.1. The fourth-order valence-corrected chi connectivity index (χ4v) is 3.97. The predicted molar refractivity (Wildman–Crippen MR) is 104 cm³/mol. The van der Waals surface area contributed by atoms with Crippen molar-refractivity contribution in [2.45, 2.75) is 11.3 Å². The highest BCUT2D eigenvalue weighted by atomic mass is 35.5. The molecule has 6 nitrogen and oxygen atoms in total. The van der Waals surface area contributed by atoms with Crippen LogP contribution in [0.25, 0.3) is 0 Å². The molecule has 26 heavy (non-hydrogen) atoms. The number of carbonyl (C=O) groups is 1. The van der Waals surface area contributed by atoms with Gasteiger partial charge in [0.15, 0.2) is 0 Å². The molecule has 1 fully saturated rings. The van der Waals surface area contributed by atoms with Crippen LogP contribution in [0.4, 0.5) is 5.69 Å². The number of benzene rings is 2. The third-order valence-electron chi connectivity index (χ3n) is 4.34. The van der Waals surface area contributed by atoms with Gasteiger partial charge in [-0.3, -0.25) is 9.52 Å². The monoisotopic (exact) mass is 395 g/mol. The minimum absolute atomic E-state index is 0. The van der Waals surface area contributed by atoms with Crippen molar-refractivity contribution in [1.82, 2.24) is 4.90 Å². The van der Waals surface area contributed by atoms with E-state index < -0.39 is 10.0 Å². The Morgan fingerprint density at radius 3 is 2.35 bits per heavy atom. The van der Waals surface area contributed by atoms with Crippen molar-refractivity contribution in [3.63, 3.8) is 0 Å². The van der Waals surface area contributed by atoms with Crippen molar-refractivity contribution in [2.24, 2.45) is 11.7 Å². The predicted octanol–water partition coefficient (Wildman–Crippen LogP) is 2.33. The van der Waals surface area contributed by atoms with Crippen molar-refractivity contribution in [2.75, 3.05) is 24.4 Å². The average Bonchev–Trinajstić information content (AvgIpc) is 3.11. The minimum atomic E-state index is -3.63. The Hall–Kier alpha value is -2.09. The number of hydrogen-bond donors (Lipinski definition) is 2. The van der Waals surface area contributed by atoms with Gasteiger partial charge in [-0.25, -0.2) is 8.42 Å². The number of nitrogens with two attached hydrogens (primary N) is 1. The summed E-state index contributed by atoms with van der Waals surface area (Å²) in [7, 11) is -3.63. The summed E-state index contributed by atoms with van der Waals surface area (Å²) in [5.41, 5.74) is 6.62. The summed E-state index contributed by atoms with van der Waals surface area (Å²) in [4.78, 5) is 14.5. The van der Waals surface area contributed by atoms with Crippen LogP contribution in [0.5, 0.6) is 0 Å². The molecule has 2 aromatic carbocycles. The molecule has 1 atom stereocenters. The maximum Gasteiger partial charge on any atom is 0.261 e. The number of amides is 1. The van der Waals surface area contributed by atoms with E-state index in [1.54, 1.807) is 47.4 Å². The lowest BCUT2D eigenvalue weighted by Gasteiger charge is -2.16. The molecular formula is C18H22ClN3O3S. The Morgan fingerprint density at radius 1 is 1.12 bits per heavy atom. The second-order valence-corrected chi connectivity index (χ2v) is 7.82. The van der Waals surface area contributed by atoms with Crippen LogP contribution in [0, 0.1) is 5.92 Å². The zero-order valence-electron chi connectivity index (χ0n) is 14.2. The highest BCUT2D eigenvalue weighted by Crippen LogP contribution is 2.20. The first-order valence-corrected chi connectivity index (χ1v) is 9.65. The molecule has 0 aliphatic carbocycles. The largest absolute Gasteiger partial charge is 0.338 e. The van der Waals surface area contributed by atoms with Crippen LogP contribution < -0.4 is 10.5 Å². The maximum absolute atomic E-state index is 12.5. The Balaban J connectivity index is 0.00000243. The third-order valence-corrected chi connectivity index (χ3v) is 5.74. The number of hydrogen-bond acceptors (Lipinski definition) is 4. The molecule has 1 aliphatic rings. The van der Waals surface area contributed by atoms with Gasteiger partial charge in [0.25, 0.3) is 15.9 Å². The van der Waals surface area contributed by atoms with E-state index in [0.717, 1.165) is 6.42 Å². The quantitative estimate of drug-likeness (QED) is 0.812. The summed E-state index contributed by atoms with van der Waals surface area (Å²) in [5, 5.41) is 0.